The van der Waals surface area contributed by atoms with Crippen LogP contribution in [0.1, 0.15) is 0 Å². The number of hydrogen-bond acceptors (Lipinski definition) is 2. The molecule has 0 aliphatic heterocycles. The van der Waals surface area contributed by atoms with E-state index in [0.717, 1.165) is 83.4 Å². The third-order valence-electron chi connectivity index (χ3n) is 15.8. The molecule has 0 amide bonds. The molecule has 0 radical (unpaired) electrons. The second-order valence-electron chi connectivity index (χ2n) is 20.0. The summed E-state index contributed by atoms with van der Waals surface area (Å²) in [5.41, 5.74) is 15.1. The molecule has 0 aliphatic carbocycles. The molecule has 0 aliphatic rings. The molecule has 0 unspecified atom stereocenters. The van der Waals surface area contributed by atoms with E-state index in [2.05, 4.69) is 276 Å². The quantitative estimate of drug-likeness (QED) is 0.148. The van der Waals surface area contributed by atoms with Crippen LogP contribution >= 0.6 is 0 Å². The van der Waals surface area contributed by atoms with Gasteiger partial charge in [0.25, 0.3) is 0 Å². The summed E-state index contributed by atoms with van der Waals surface area (Å²) in [7, 11) is 0. The summed E-state index contributed by atoms with van der Waals surface area (Å²) in [6.07, 6.45) is 0. The van der Waals surface area contributed by atoms with Gasteiger partial charge in [-0.05, 0) is 154 Å². The Kier molecular flexibility index (Phi) is 9.04. The average molecular weight is 953 g/mol. The van der Waals surface area contributed by atoms with E-state index in [1.165, 1.54) is 70.4 Å². The maximum atomic E-state index is 7.11. The summed E-state index contributed by atoms with van der Waals surface area (Å²) in [6.45, 7) is 0. The average Bonchev–Trinajstić information content (AvgIpc) is 4.11. The molecule has 0 N–H and O–H groups in total. The Bertz CT molecular complexity index is 4810. The molecule has 16 aromatic rings. The van der Waals surface area contributed by atoms with Gasteiger partial charge in [0.1, 0.15) is 11.2 Å². The summed E-state index contributed by atoms with van der Waals surface area (Å²) < 4.78 is 9.63. The summed E-state index contributed by atoms with van der Waals surface area (Å²) >= 11 is 0. The molecule has 3 nitrogen and oxygen atoms in total. The van der Waals surface area contributed by atoms with Gasteiger partial charge >= 0.3 is 0 Å². The third-order valence-corrected chi connectivity index (χ3v) is 15.8. The van der Waals surface area contributed by atoms with E-state index >= 15 is 0 Å². The van der Waals surface area contributed by atoms with Crippen LogP contribution in [0, 0.1) is 0 Å². The van der Waals surface area contributed by atoms with Crippen molar-refractivity contribution in [3.63, 3.8) is 0 Å². The van der Waals surface area contributed by atoms with Gasteiger partial charge in [-0.1, -0.05) is 194 Å². The lowest BCUT2D eigenvalue weighted by atomic mass is 9.92. The monoisotopic (exact) mass is 952 g/mol. The molecular weight excluding hydrogens is 909 g/mol. The second-order valence-corrected chi connectivity index (χ2v) is 20.0. The van der Waals surface area contributed by atoms with Crippen molar-refractivity contribution in [1.29, 1.82) is 0 Å². The van der Waals surface area contributed by atoms with Gasteiger partial charge in [-0.3, -0.25) is 0 Å². The predicted molar refractivity (Wildman–Crippen MR) is 318 cm³/mol. The molecule has 14 aromatic carbocycles. The van der Waals surface area contributed by atoms with E-state index in [4.69, 9.17) is 4.42 Å². The summed E-state index contributed by atoms with van der Waals surface area (Å²) in [6, 6.07) is 98.0. The summed E-state index contributed by atoms with van der Waals surface area (Å²) in [4.78, 5) is 2.43. The number of fused-ring (bicyclic) bond motifs is 10. The highest BCUT2D eigenvalue weighted by molar-refractivity contribution is 6.31. The zero-order chi connectivity index (χ0) is 49.1. The molecule has 75 heavy (non-hydrogen) atoms. The van der Waals surface area contributed by atoms with E-state index in [1.54, 1.807) is 0 Å². The Morgan fingerprint density at radius 1 is 0.280 bits per heavy atom. The molecule has 0 saturated carbocycles. The topological polar surface area (TPSA) is 21.3 Å². The molecule has 0 fully saturated rings. The Morgan fingerprint density at radius 3 is 1.52 bits per heavy atom. The largest absolute Gasteiger partial charge is 0.455 e. The maximum Gasteiger partial charge on any atom is 0.143 e. The van der Waals surface area contributed by atoms with Crippen LogP contribution in [-0.4, -0.2) is 4.57 Å². The first-order valence-corrected chi connectivity index (χ1v) is 25.8. The molecule has 0 spiro atoms. The van der Waals surface area contributed by atoms with Crippen molar-refractivity contribution < 1.29 is 4.42 Å². The van der Waals surface area contributed by atoms with Crippen LogP contribution in [0.25, 0.3) is 137 Å². The highest BCUT2D eigenvalue weighted by Crippen LogP contribution is 2.50. The molecule has 16 rings (SSSR count). The van der Waals surface area contributed by atoms with E-state index in [9.17, 15) is 0 Å². The van der Waals surface area contributed by atoms with Crippen LogP contribution in [0.2, 0.25) is 0 Å². The highest BCUT2D eigenvalue weighted by Gasteiger charge is 2.25. The van der Waals surface area contributed by atoms with Crippen LogP contribution < -0.4 is 4.90 Å². The van der Waals surface area contributed by atoms with Crippen LogP contribution in [0.15, 0.2) is 271 Å². The Hall–Kier alpha value is -9.96. The number of furan rings is 1. The number of aromatic nitrogens is 1. The first kappa shape index (κ1) is 41.6. The Morgan fingerprint density at radius 2 is 0.813 bits per heavy atom. The first-order valence-electron chi connectivity index (χ1n) is 25.8. The summed E-state index contributed by atoms with van der Waals surface area (Å²) in [5, 5.41) is 17.0. The minimum Gasteiger partial charge on any atom is -0.455 e. The van der Waals surface area contributed by atoms with E-state index in [0.29, 0.717) is 0 Å². The Balaban J connectivity index is 1.02. The standard InChI is InChI=1S/C72H44N2O/c1-4-17-45(18-5-1)52-37-53(46-19-6-2-7-20-46)41-56(40-52)74-65-36-35-47-21-10-11-26-58(47)70(65)71-61-29-13-12-27-59(61)62(44-66(71)74)64-43-57(42-63-60-28-14-15-30-67(60)75-72(63)64)73(54-24-8-3-9-25-54)55-38-50-33-31-48-22-16-23-49-32-34-51(39-55)69(50)68(48)49/h1-44H. The number of rotatable bonds is 7. The van der Waals surface area contributed by atoms with Gasteiger partial charge in [-0.15, -0.1) is 0 Å². The number of hydrogen-bond donors (Lipinski definition) is 0. The van der Waals surface area contributed by atoms with Crippen LogP contribution in [-0.2, 0) is 0 Å². The lowest BCUT2D eigenvalue weighted by Crippen LogP contribution is -2.10. The highest BCUT2D eigenvalue weighted by atomic mass is 16.3. The van der Waals surface area contributed by atoms with Crippen molar-refractivity contribution >= 4 is 115 Å². The van der Waals surface area contributed by atoms with Crippen LogP contribution in [0.4, 0.5) is 17.1 Å². The smallest absolute Gasteiger partial charge is 0.143 e. The SMILES string of the molecule is c1ccc(-c2cc(-c3ccccc3)cc(-n3c4ccc5ccccc5c4c4c5ccccc5c(-c5cc(N(c6ccccc6)c6cc7ccc8cccc9ccc(c6)c7c89)cc6c5oc5ccccc56)cc43)c2)cc1. The molecule has 2 aromatic heterocycles. The van der Waals surface area contributed by atoms with Gasteiger partial charge in [0, 0.05) is 49.9 Å². The third kappa shape index (κ3) is 6.41. The van der Waals surface area contributed by atoms with Gasteiger partial charge in [-0.2, -0.15) is 0 Å². The van der Waals surface area contributed by atoms with Gasteiger partial charge < -0.3 is 13.9 Å². The van der Waals surface area contributed by atoms with E-state index in [1.807, 2.05) is 0 Å². The lowest BCUT2D eigenvalue weighted by Gasteiger charge is -2.27. The molecule has 0 bridgehead atoms. The minimum atomic E-state index is 0.859. The molecule has 348 valence electrons. The van der Waals surface area contributed by atoms with Crippen LogP contribution in [0.5, 0.6) is 0 Å². The fourth-order valence-electron chi connectivity index (χ4n) is 12.5. The zero-order valence-corrected chi connectivity index (χ0v) is 40.7. The molecule has 2 heterocycles. The second kappa shape index (κ2) is 16.3. The van der Waals surface area contributed by atoms with Crippen molar-refractivity contribution in [3.05, 3.63) is 267 Å². The van der Waals surface area contributed by atoms with Crippen molar-refractivity contribution in [1.82, 2.24) is 4.57 Å². The maximum absolute atomic E-state index is 7.11. The van der Waals surface area contributed by atoms with Crippen molar-refractivity contribution in [2.75, 3.05) is 4.90 Å². The van der Waals surface area contributed by atoms with Gasteiger partial charge in [0.05, 0.1) is 11.0 Å². The normalized spacial score (nSPS) is 12.0. The number of anilines is 3. The molecule has 3 heteroatoms. The van der Waals surface area contributed by atoms with Gasteiger partial charge in [0.2, 0.25) is 0 Å². The lowest BCUT2D eigenvalue weighted by molar-refractivity contribution is 0.670. The van der Waals surface area contributed by atoms with Gasteiger partial charge in [-0.25, -0.2) is 0 Å². The minimum absolute atomic E-state index is 0.859. The molecule has 0 saturated heterocycles. The fourth-order valence-corrected chi connectivity index (χ4v) is 12.5. The first-order chi connectivity index (χ1) is 37.2. The van der Waals surface area contributed by atoms with Crippen LogP contribution in [0.3, 0.4) is 0 Å². The Labute approximate surface area is 432 Å². The van der Waals surface area contributed by atoms with Crippen molar-refractivity contribution in [2.45, 2.75) is 0 Å². The summed E-state index contributed by atoms with van der Waals surface area (Å²) in [5.74, 6) is 0. The predicted octanol–water partition coefficient (Wildman–Crippen LogP) is 20.4. The number of para-hydroxylation sites is 2. The fraction of sp³-hybridized carbons (Fsp3) is 0. The van der Waals surface area contributed by atoms with Crippen molar-refractivity contribution in [2.24, 2.45) is 0 Å². The molecular formula is C72H44N2O. The van der Waals surface area contributed by atoms with Gasteiger partial charge in [0.15, 0.2) is 0 Å². The zero-order valence-electron chi connectivity index (χ0n) is 40.7. The van der Waals surface area contributed by atoms with E-state index < -0.39 is 0 Å². The number of nitrogens with zero attached hydrogens (tertiary/aromatic N) is 2. The molecule has 0 atom stereocenters. The number of benzene rings is 14. The van der Waals surface area contributed by atoms with E-state index in [-0.39, 0.29) is 0 Å². The van der Waals surface area contributed by atoms with Crippen molar-refractivity contribution in [3.8, 4) is 39.1 Å².